The molecule has 0 radical (unpaired) electrons. The highest BCUT2D eigenvalue weighted by Crippen LogP contribution is 2.30. The first-order chi connectivity index (χ1) is 8.82. The van der Waals surface area contributed by atoms with E-state index in [2.05, 4.69) is 20.8 Å². The van der Waals surface area contributed by atoms with Crippen LogP contribution in [-0.4, -0.2) is 35.0 Å². The molecule has 0 aliphatic heterocycles. The first-order valence-electron chi connectivity index (χ1n) is 7.32. The molecule has 1 unspecified atom stereocenters. The number of hydrogen-bond donors (Lipinski definition) is 1. The highest BCUT2D eigenvalue weighted by molar-refractivity contribution is 5.79. The van der Waals surface area contributed by atoms with Crippen molar-refractivity contribution in [3.8, 4) is 0 Å². The molecule has 1 amide bonds. The van der Waals surface area contributed by atoms with Crippen molar-refractivity contribution < 1.29 is 14.7 Å². The van der Waals surface area contributed by atoms with Crippen LogP contribution in [0.2, 0.25) is 0 Å². The summed E-state index contributed by atoms with van der Waals surface area (Å²) >= 11 is 0. The van der Waals surface area contributed by atoms with E-state index < -0.39 is 5.97 Å². The second kappa shape index (κ2) is 6.92. The molecule has 1 rings (SSSR count). The van der Waals surface area contributed by atoms with Gasteiger partial charge >= 0.3 is 5.97 Å². The third-order valence-electron chi connectivity index (χ3n) is 4.25. The third kappa shape index (κ3) is 4.51. The second-order valence-electron chi connectivity index (χ2n) is 6.31. The predicted molar refractivity (Wildman–Crippen MR) is 74.8 cm³/mol. The number of carboxylic acid groups (broad SMARTS) is 1. The predicted octanol–water partition coefficient (Wildman–Crippen LogP) is 2.77. The maximum atomic E-state index is 12.4. The van der Waals surface area contributed by atoms with E-state index in [0.717, 1.165) is 6.42 Å². The second-order valence-corrected chi connectivity index (χ2v) is 6.31. The zero-order chi connectivity index (χ0) is 14.6. The van der Waals surface area contributed by atoms with Gasteiger partial charge in [0.15, 0.2) is 0 Å². The zero-order valence-electron chi connectivity index (χ0n) is 12.6. The lowest BCUT2D eigenvalue weighted by Crippen LogP contribution is -2.41. The molecule has 1 aliphatic carbocycles. The number of carbonyl (C=O) groups excluding carboxylic acids is 1. The average Bonchev–Trinajstić information content (AvgIpc) is 2.36. The third-order valence-corrected chi connectivity index (χ3v) is 4.25. The average molecular weight is 269 g/mol. The van der Waals surface area contributed by atoms with Gasteiger partial charge in [-0.2, -0.15) is 0 Å². The van der Waals surface area contributed by atoms with E-state index in [1.807, 2.05) is 11.9 Å². The van der Waals surface area contributed by atoms with Crippen molar-refractivity contribution in [1.29, 1.82) is 0 Å². The molecule has 0 aromatic carbocycles. The summed E-state index contributed by atoms with van der Waals surface area (Å²) < 4.78 is 0. The number of carboxylic acids is 1. The fraction of sp³-hybridized carbons (Fsp3) is 0.867. The van der Waals surface area contributed by atoms with E-state index in [0.29, 0.717) is 31.6 Å². The van der Waals surface area contributed by atoms with Gasteiger partial charge in [0, 0.05) is 19.0 Å². The SMILES string of the molecule is CC(C)CC(C)N(C)C(=O)C1CCC(C(=O)O)CC1. The van der Waals surface area contributed by atoms with Gasteiger partial charge in [-0.15, -0.1) is 0 Å². The van der Waals surface area contributed by atoms with Crippen LogP contribution in [0.3, 0.4) is 0 Å². The first kappa shape index (κ1) is 16.0. The highest BCUT2D eigenvalue weighted by Gasteiger charge is 2.32. The van der Waals surface area contributed by atoms with Crippen LogP contribution in [0.4, 0.5) is 0 Å². The van der Waals surface area contributed by atoms with Crippen molar-refractivity contribution in [2.45, 2.75) is 58.9 Å². The summed E-state index contributed by atoms with van der Waals surface area (Å²) in [6, 6.07) is 0.254. The first-order valence-corrected chi connectivity index (χ1v) is 7.32. The highest BCUT2D eigenvalue weighted by atomic mass is 16.4. The van der Waals surface area contributed by atoms with Gasteiger partial charge in [0.1, 0.15) is 0 Å². The lowest BCUT2D eigenvalue weighted by Gasteiger charge is -2.32. The maximum Gasteiger partial charge on any atom is 0.306 e. The molecule has 1 saturated carbocycles. The van der Waals surface area contributed by atoms with Gasteiger partial charge in [0.05, 0.1) is 5.92 Å². The van der Waals surface area contributed by atoms with E-state index >= 15 is 0 Å². The van der Waals surface area contributed by atoms with Crippen LogP contribution in [0.15, 0.2) is 0 Å². The molecule has 1 atom stereocenters. The Morgan fingerprint density at radius 1 is 1.11 bits per heavy atom. The monoisotopic (exact) mass is 269 g/mol. The molecule has 0 aromatic rings. The van der Waals surface area contributed by atoms with Gasteiger partial charge in [0.25, 0.3) is 0 Å². The molecule has 1 aliphatic rings. The Morgan fingerprint density at radius 3 is 2.00 bits per heavy atom. The lowest BCUT2D eigenvalue weighted by atomic mass is 9.81. The number of aliphatic carboxylic acids is 1. The number of nitrogens with zero attached hydrogens (tertiary/aromatic N) is 1. The van der Waals surface area contributed by atoms with Crippen LogP contribution in [0.25, 0.3) is 0 Å². The summed E-state index contributed by atoms with van der Waals surface area (Å²) in [5.74, 6) is -0.171. The van der Waals surface area contributed by atoms with Crippen molar-refractivity contribution in [3.63, 3.8) is 0 Å². The summed E-state index contributed by atoms with van der Waals surface area (Å²) in [7, 11) is 1.87. The molecule has 1 fully saturated rings. The summed E-state index contributed by atoms with van der Waals surface area (Å²) in [5, 5.41) is 8.96. The Kier molecular flexibility index (Phi) is 5.83. The Hall–Kier alpha value is -1.06. The van der Waals surface area contributed by atoms with E-state index in [4.69, 9.17) is 5.11 Å². The van der Waals surface area contributed by atoms with E-state index in [1.54, 1.807) is 0 Å². The van der Waals surface area contributed by atoms with E-state index in [-0.39, 0.29) is 23.8 Å². The van der Waals surface area contributed by atoms with Crippen molar-refractivity contribution in [3.05, 3.63) is 0 Å². The number of rotatable bonds is 5. The standard InChI is InChI=1S/C15H27NO3/c1-10(2)9-11(3)16(4)14(17)12-5-7-13(8-6-12)15(18)19/h10-13H,5-9H2,1-4H3,(H,18,19). The molecular weight excluding hydrogens is 242 g/mol. The topological polar surface area (TPSA) is 57.6 Å². The number of amides is 1. The molecule has 4 heteroatoms. The Labute approximate surface area is 116 Å². The van der Waals surface area contributed by atoms with E-state index in [9.17, 15) is 9.59 Å². The fourth-order valence-electron chi connectivity index (χ4n) is 2.93. The van der Waals surface area contributed by atoms with Crippen LogP contribution in [-0.2, 0) is 9.59 Å². The quantitative estimate of drug-likeness (QED) is 0.835. The van der Waals surface area contributed by atoms with Crippen LogP contribution in [0, 0.1) is 17.8 Å². The summed E-state index contributed by atoms with van der Waals surface area (Å²) in [5.41, 5.74) is 0. The maximum absolute atomic E-state index is 12.4. The molecule has 19 heavy (non-hydrogen) atoms. The van der Waals surface area contributed by atoms with Crippen molar-refractivity contribution >= 4 is 11.9 Å². The molecule has 1 N–H and O–H groups in total. The normalized spacial score (nSPS) is 25.1. The van der Waals surface area contributed by atoms with E-state index in [1.165, 1.54) is 0 Å². The van der Waals surface area contributed by atoms with Crippen LogP contribution >= 0.6 is 0 Å². The van der Waals surface area contributed by atoms with Gasteiger partial charge in [-0.3, -0.25) is 9.59 Å². The van der Waals surface area contributed by atoms with Gasteiger partial charge in [-0.1, -0.05) is 13.8 Å². The van der Waals surface area contributed by atoms with Crippen molar-refractivity contribution in [1.82, 2.24) is 4.90 Å². The Balaban J connectivity index is 2.48. The van der Waals surface area contributed by atoms with Crippen LogP contribution < -0.4 is 0 Å². The van der Waals surface area contributed by atoms with Gasteiger partial charge in [-0.25, -0.2) is 0 Å². The summed E-state index contributed by atoms with van der Waals surface area (Å²) in [6.45, 7) is 6.40. The number of carbonyl (C=O) groups is 2. The van der Waals surface area contributed by atoms with Crippen LogP contribution in [0.5, 0.6) is 0 Å². The Bertz CT molecular complexity index is 319. The minimum atomic E-state index is -0.715. The molecule has 110 valence electrons. The van der Waals surface area contributed by atoms with Gasteiger partial charge in [0.2, 0.25) is 5.91 Å². The molecule has 0 spiro atoms. The molecular formula is C15H27NO3. The molecule has 4 nitrogen and oxygen atoms in total. The van der Waals surface area contributed by atoms with Gasteiger partial charge < -0.3 is 10.0 Å². The summed E-state index contributed by atoms with van der Waals surface area (Å²) in [6.07, 6.45) is 3.71. The van der Waals surface area contributed by atoms with Crippen molar-refractivity contribution in [2.75, 3.05) is 7.05 Å². The van der Waals surface area contributed by atoms with Crippen LogP contribution in [0.1, 0.15) is 52.9 Å². The molecule has 0 heterocycles. The van der Waals surface area contributed by atoms with Crippen molar-refractivity contribution in [2.24, 2.45) is 17.8 Å². The number of hydrogen-bond acceptors (Lipinski definition) is 2. The minimum Gasteiger partial charge on any atom is -0.481 e. The molecule has 0 bridgehead atoms. The fourth-order valence-corrected chi connectivity index (χ4v) is 2.93. The molecule has 0 saturated heterocycles. The molecule has 0 aromatic heterocycles. The zero-order valence-corrected chi connectivity index (χ0v) is 12.6. The minimum absolute atomic E-state index is 0.0233. The lowest BCUT2D eigenvalue weighted by molar-refractivity contribution is -0.145. The largest absolute Gasteiger partial charge is 0.481 e. The van der Waals surface area contributed by atoms with Gasteiger partial charge in [-0.05, 0) is 44.9 Å². The Morgan fingerprint density at radius 2 is 1.58 bits per heavy atom. The summed E-state index contributed by atoms with van der Waals surface area (Å²) in [4.78, 5) is 25.1. The smallest absolute Gasteiger partial charge is 0.306 e.